The van der Waals surface area contributed by atoms with E-state index in [-0.39, 0.29) is 6.09 Å². The molecule has 0 bridgehead atoms. The van der Waals surface area contributed by atoms with Gasteiger partial charge in [0, 0.05) is 14.9 Å². The van der Waals surface area contributed by atoms with Crippen LogP contribution in [0.5, 0.6) is 0 Å². The van der Waals surface area contributed by atoms with Crippen molar-refractivity contribution >= 4 is 33.4 Å². The fraction of sp³-hybridized carbons (Fsp3) is 0.333. The Hall–Kier alpha value is -2.18. The highest BCUT2D eigenvalue weighted by Gasteiger charge is 2.31. The lowest BCUT2D eigenvalue weighted by molar-refractivity contribution is 0.0241. The summed E-state index contributed by atoms with van der Waals surface area (Å²) >= 11 is 5.31. The number of ether oxygens (including phenoxy) is 1. The molecule has 3 aromatic rings. The van der Waals surface area contributed by atoms with Crippen LogP contribution in [0.15, 0.2) is 40.9 Å². The second kappa shape index (κ2) is 7.82. The number of halogens is 1. The van der Waals surface area contributed by atoms with Crippen LogP contribution in [0.2, 0.25) is 0 Å². The van der Waals surface area contributed by atoms with E-state index in [4.69, 9.17) is 9.72 Å². The predicted octanol–water partition coefficient (Wildman–Crippen LogP) is 7.11. The van der Waals surface area contributed by atoms with Crippen LogP contribution in [0.1, 0.15) is 42.5 Å². The second-order valence-electron chi connectivity index (χ2n) is 8.62. The summed E-state index contributed by atoms with van der Waals surface area (Å²) in [7, 11) is 0. The van der Waals surface area contributed by atoms with Gasteiger partial charge in [0.2, 0.25) is 0 Å². The van der Waals surface area contributed by atoms with Crippen molar-refractivity contribution in [3.8, 4) is 21.7 Å². The maximum Gasteiger partial charge on any atom is 0.410 e. The molecule has 0 fully saturated rings. The Balaban J connectivity index is 1.62. The van der Waals surface area contributed by atoms with Crippen molar-refractivity contribution in [2.45, 2.75) is 53.3 Å². The first-order valence-corrected chi connectivity index (χ1v) is 11.6. The molecule has 0 unspecified atom stereocenters. The summed E-state index contributed by atoms with van der Waals surface area (Å²) in [6.07, 6.45) is -0.280. The maximum absolute atomic E-state index is 12.4. The van der Waals surface area contributed by atoms with Gasteiger partial charge in [-0.25, -0.2) is 9.78 Å². The van der Waals surface area contributed by atoms with Gasteiger partial charge in [0.15, 0.2) is 0 Å². The van der Waals surface area contributed by atoms with Gasteiger partial charge < -0.3 is 4.74 Å². The first kappa shape index (κ1) is 21.1. The number of nitrogens with zero attached hydrogens (tertiary/aromatic N) is 2. The molecule has 6 heteroatoms. The quantitative estimate of drug-likeness (QED) is 0.389. The second-order valence-corrected chi connectivity index (χ2v) is 10.6. The van der Waals surface area contributed by atoms with Gasteiger partial charge in [0.1, 0.15) is 10.6 Å². The first-order valence-electron chi connectivity index (χ1n) is 9.96. The minimum absolute atomic E-state index is 0.280. The van der Waals surface area contributed by atoms with Crippen molar-refractivity contribution in [3.63, 3.8) is 0 Å². The highest BCUT2D eigenvalue weighted by atomic mass is 79.9. The van der Waals surface area contributed by atoms with E-state index in [0.29, 0.717) is 13.1 Å². The van der Waals surface area contributed by atoms with Crippen LogP contribution in [-0.4, -0.2) is 21.6 Å². The Morgan fingerprint density at radius 1 is 1.03 bits per heavy atom. The smallest absolute Gasteiger partial charge is 0.410 e. The molecule has 0 spiro atoms. The zero-order chi connectivity index (χ0) is 21.6. The number of thiazole rings is 1. The van der Waals surface area contributed by atoms with Gasteiger partial charge in [-0.3, -0.25) is 4.90 Å². The van der Waals surface area contributed by atoms with Gasteiger partial charge in [-0.1, -0.05) is 46.3 Å². The lowest BCUT2D eigenvalue weighted by atomic mass is 9.94. The largest absolute Gasteiger partial charge is 0.444 e. The molecule has 2 aromatic carbocycles. The minimum atomic E-state index is -0.492. The fourth-order valence-corrected chi connectivity index (χ4v) is 5.20. The van der Waals surface area contributed by atoms with Crippen molar-refractivity contribution in [2.24, 2.45) is 0 Å². The van der Waals surface area contributed by atoms with E-state index >= 15 is 0 Å². The number of hydrogen-bond acceptors (Lipinski definition) is 4. The summed E-state index contributed by atoms with van der Waals surface area (Å²) in [5.41, 5.74) is 6.52. The van der Waals surface area contributed by atoms with E-state index in [0.717, 1.165) is 25.6 Å². The van der Waals surface area contributed by atoms with Crippen molar-refractivity contribution in [3.05, 3.63) is 62.6 Å². The maximum atomic E-state index is 12.4. The molecule has 1 aromatic heterocycles. The van der Waals surface area contributed by atoms with Crippen LogP contribution in [0.4, 0.5) is 4.79 Å². The molecule has 1 aliphatic rings. The molecule has 0 N–H and O–H groups in total. The highest BCUT2D eigenvalue weighted by molar-refractivity contribution is 9.10. The summed E-state index contributed by atoms with van der Waals surface area (Å²) in [5, 5.41) is 1.01. The summed E-state index contributed by atoms with van der Waals surface area (Å²) in [4.78, 5) is 20.1. The van der Waals surface area contributed by atoms with Crippen LogP contribution in [0, 0.1) is 13.8 Å². The number of carbonyl (C=O) groups is 1. The third kappa shape index (κ3) is 4.03. The molecule has 2 heterocycles. The number of hydrogen-bond donors (Lipinski definition) is 0. The van der Waals surface area contributed by atoms with Crippen molar-refractivity contribution in [1.29, 1.82) is 0 Å². The molecule has 1 aliphatic heterocycles. The monoisotopic (exact) mass is 484 g/mol. The van der Waals surface area contributed by atoms with Crippen LogP contribution in [0.3, 0.4) is 0 Å². The van der Waals surface area contributed by atoms with Gasteiger partial charge in [-0.15, -0.1) is 11.3 Å². The molecular formula is C24H25BrN2O2S. The number of amides is 1. The molecule has 0 saturated heterocycles. The molecule has 156 valence electrons. The van der Waals surface area contributed by atoms with E-state index in [1.807, 2.05) is 20.8 Å². The highest BCUT2D eigenvalue weighted by Crippen LogP contribution is 2.39. The Morgan fingerprint density at radius 2 is 1.67 bits per heavy atom. The van der Waals surface area contributed by atoms with E-state index in [2.05, 4.69) is 66.2 Å². The lowest BCUT2D eigenvalue weighted by Crippen LogP contribution is -2.33. The number of aromatic nitrogens is 1. The van der Waals surface area contributed by atoms with Crippen LogP contribution < -0.4 is 0 Å². The molecule has 1 amide bonds. The molecule has 4 nitrogen and oxygen atoms in total. The third-order valence-corrected chi connectivity index (χ3v) is 7.20. The molecule has 30 heavy (non-hydrogen) atoms. The fourth-order valence-electron chi connectivity index (χ4n) is 3.67. The number of benzene rings is 2. The SMILES string of the molecule is Cc1c(Br)cccc1-c1cccc(-c2nc3c(s2)CN(C(=O)OC(C)(C)C)C3)c1C. The number of rotatable bonds is 2. The normalized spacial score (nSPS) is 13.5. The minimum Gasteiger partial charge on any atom is -0.444 e. The molecule has 0 saturated carbocycles. The van der Waals surface area contributed by atoms with Crippen molar-refractivity contribution in [2.75, 3.05) is 0 Å². The van der Waals surface area contributed by atoms with Crippen molar-refractivity contribution < 1.29 is 9.53 Å². The Labute approximate surface area is 190 Å². The van der Waals surface area contributed by atoms with E-state index in [1.54, 1.807) is 16.2 Å². The van der Waals surface area contributed by atoms with Gasteiger partial charge in [0.25, 0.3) is 0 Å². The molecule has 4 rings (SSSR count). The molecule has 0 radical (unpaired) electrons. The van der Waals surface area contributed by atoms with E-state index in [1.165, 1.54) is 22.3 Å². The average molecular weight is 485 g/mol. The van der Waals surface area contributed by atoms with Crippen molar-refractivity contribution in [1.82, 2.24) is 9.88 Å². The van der Waals surface area contributed by atoms with Crippen LogP contribution >= 0.6 is 27.3 Å². The third-order valence-electron chi connectivity index (χ3n) is 5.23. The molecule has 0 atom stereocenters. The average Bonchev–Trinajstić information content (AvgIpc) is 3.22. The Morgan fingerprint density at radius 3 is 2.33 bits per heavy atom. The van der Waals surface area contributed by atoms with Gasteiger partial charge >= 0.3 is 6.09 Å². The Bertz CT molecular complexity index is 1110. The predicted molar refractivity (Wildman–Crippen MR) is 126 cm³/mol. The number of carbonyl (C=O) groups excluding carboxylic acids is 1. The summed E-state index contributed by atoms with van der Waals surface area (Å²) in [6, 6.07) is 12.7. The van der Waals surface area contributed by atoms with Gasteiger partial charge in [-0.05, 0) is 62.9 Å². The van der Waals surface area contributed by atoms with E-state index in [9.17, 15) is 4.79 Å². The topological polar surface area (TPSA) is 42.4 Å². The summed E-state index contributed by atoms with van der Waals surface area (Å²) in [6.45, 7) is 11.0. The zero-order valence-electron chi connectivity index (χ0n) is 17.9. The van der Waals surface area contributed by atoms with E-state index < -0.39 is 5.60 Å². The lowest BCUT2D eigenvalue weighted by Gasteiger charge is -2.24. The van der Waals surface area contributed by atoms with Gasteiger partial charge in [-0.2, -0.15) is 0 Å². The van der Waals surface area contributed by atoms with Crippen LogP contribution in [0.25, 0.3) is 21.7 Å². The first-order chi connectivity index (χ1) is 14.1. The Kier molecular flexibility index (Phi) is 5.49. The van der Waals surface area contributed by atoms with Gasteiger partial charge in [0.05, 0.1) is 18.8 Å². The molecule has 0 aliphatic carbocycles. The summed E-state index contributed by atoms with van der Waals surface area (Å²) < 4.78 is 6.61. The molecular weight excluding hydrogens is 460 g/mol. The zero-order valence-corrected chi connectivity index (χ0v) is 20.3. The van der Waals surface area contributed by atoms with Crippen LogP contribution in [-0.2, 0) is 17.8 Å². The standard InChI is InChI=1S/C24H25BrN2O2S/c1-14-16(17-9-7-11-19(25)15(17)2)8-6-10-18(14)22-26-20-12-27(13-21(20)30-22)23(28)29-24(3,4)5/h6-11H,12-13H2,1-5H3. The summed E-state index contributed by atoms with van der Waals surface area (Å²) in [5.74, 6) is 0. The number of fused-ring (bicyclic) bond motifs is 1.